The van der Waals surface area contributed by atoms with Gasteiger partial charge in [-0.25, -0.2) is 0 Å². The Hall–Kier alpha value is -1.10. The van der Waals surface area contributed by atoms with Crippen molar-refractivity contribution in [2.75, 3.05) is 19.6 Å². The van der Waals surface area contributed by atoms with Crippen LogP contribution in [-0.2, 0) is 9.59 Å². The van der Waals surface area contributed by atoms with Gasteiger partial charge in [-0.2, -0.15) is 0 Å². The van der Waals surface area contributed by atoms with Gasteiger partial charge in [0.15, 0.2) is 0 Å². The van der Waals surface area contributed by atoms with Crippen molar-refractivity contribution >= 4 is 11.9 Å². The maximum absolute atomic E-state index is 12.4. The van der Waals surface area contributed by atoms with Crippen molar-refractivity contribution in [1.82, 2.24) is 10.2 Å². The molecule has 0 aromatic carbocycles. The van der Waals surface area contributed by atoms with Gasteiger partial charge in [-0.1, -0.05) is 0 Å². The normalized spacial score (nSPS) is 33.2. The monoisotopic (exact) mass is 254 g/mol. The maximum Gasteiger partial charge on any atom is 0.308 e. The molecular weight excluding hydrogens is 232 g/mol. The van der Waals surface area contributed by atoms with Gasteiger partial charge in [-0.05, 0) is 39.2 Å². The number of hydrogen-bond donors (Lipinski definition) is 2. The zero-order valence-electron chi connectivity index (χ0n) is 10.9. The van der Waals surface area contributed by atoms with Crippen molar-refractivity contribution in [3.8, 4) is 0 Å². The number of nitrogens with one attached hydrogen (secondary N) is 1. The number of carbonyl (C=O) groups excluding carboxylic acids is 1. The van der Waals surface area contributed by atoms with E-state index in [1.54, 1.807) is 4.90 Å². The van der Waals surface area contributed by atoms with Crippen LogP contribution in [0, 0.1) is 11.8 Å². The minimum atomic E-state index is -0.772. The lowest BCUT2D eigenvalue weighted by Gasteiger charge is -2.35. The molecule has 2 fully saturated rings. The van der Waals surface area contributed by atoms with E-state index in [4.69, 9.17) is 5.11 Å². The molecule has 2 aliphatic rings. The highest BCUT2D eigenvalue weighted by Gasteiger charge is 2.33. The Morgan fingerprint density at radius 1 is 1.28 bits per heavy atom. The molecule has 0 aliphatic carbocycles. The molecule has 0 spiro atoms. The summed E-state index contributed by atoms with van der Waals surface area (Å²) in [7, 11) is 0. The molecule has 0 aromatic heterocycles. The summed E-state index contributed by atoms with van der Waals surface area (Å²) in [6, 6.07) is 0.382. The van der Waals surface area contributed by atoms with Crippen molar-refractivity contribution in [2.24, 2.45) is 11.8 Å². The second-order valence-corrected chi connectivity index (χ2v) is 5.54. The fraction of sp³-hybridized carbons (Fsp3) is 0.846. The first kappa shape index (κ1) is 13.3. The molecule has 1 amide bonds. The Balaban J connectivity index is 1.93. The number of amides is 1. The quantitative estimate of drug-likeness (QED) is 0.761. The summed E-state index contributed by atoms with van der Waals surface area (Å²) < 4.78 is 0. The van der Waals surface area contributed by atoms with Crippen molar-refractivity contribution in [3.63, 3.8) is 0 Å². The number of hydrogen-bond acceptors (Lipinski definition) is 3. The summed E-state index contributed by atoms with van der Waals surface area (Å²) in [6.07, 6.45) is 3.25. The Labute approximate surface area is 108 Å². The molecule has 3 atom stereocenters. The van der Waals surface area contributed by atoms with Gasteiger partial charge in [-0.3, -0.25) is 9.59 Å². The van der Waals surface area contributed by atoms with E-state index in [1.807, 2.05) is 0 Å². The predicted octanol–water partition coefficient (Wildman–Crippen LogP) is 0.698. The van der Waals surface area contributed by atoms with Gasteiger partial charge in [0.05, 0.1) is 5.92 Å². The zero-order chi connectivity index (χ0) is 13.1. The molecule has 2 saturated heterocycles. The predicted molar refractivity (Wildman–Crippen MR) is 67.1 cm³/mol. The van der Waals surface area contributed by atoms with E-state index in [0.717, 1.165) is 32.4 Å². The number of carbonyl (C=O) groups is 2. The number of carboxylic acid groups (broad SMARTS) is 1. The van der Waals surface area contributed by atoms with Crippen molar-refractivity contribution < 1.29 is 14.7 Å². The van der Waals surface area contributed by atoms with Crippen LogP contribution in [0.1, 0.15) is 32.6 Å². The first-order valence-electron chi connectivity index (χ1n) is 6.83. The SMILES string of the molecule is CC1CC(C(=O)N2CCC[C@H](C(=O)O)C2)CCN1. The minimum Gasteiger partial charge on any atom is -0.481 e. The first-order chi connectivity index (χ1) is 8.58. The highest BCUT2D eigenvalue weighted by atomic mass is 16.4. The third kappa shape index (κ3) is 3.02. The van der Waals surface area contributed by atoms with Crippen LogP contribution in [0.3, 0.4) is 0 Å². The van der Waals surface area contributed by atoms with Crippen molar-refractivity contribution in [2.45, 2.75) is 38.6 Å². The molecule has 2 unspecified atom stereocenters. The summed E-state index contributed by atoms with van der Waals surface area (Å²) in [5.41, 5.74) is 0. The van der Waals surface area contributed by atoms with E-state index in [-0.39, 0.29) is 17.7 Å². The standard InChI is InChI=1S/C13H22N2O3/c1-9-7-10(4-5-14-9)12(16)15-6-2-3-11(8-15)13(17)18/h9-11,14H,2-8H2,1H3,(H,17,18)/t9?,10?,11-/m0/s1. The maximum atomic E-state index is 12.4. The number of likely N-dealkylation sites (tertiary alicyclic amines) is 1. The molecule has 5 nitrogen and oxygen atoms in total. The van der Waals surface area contributed by atoms with Crippen LogP contribution in [0.5, 0.6) is 0 Å². The summed E-state index contributed by atoms with van der Waals surface area (Å²) in [5, 5.41) is 12.4. The van der Waals surface area contributed by atoms with Gasteiger partial charge in [0.1, 0.15) is 0 Å². The highest BCUT2D eigenvalue weighted by molar-refractivity contribution is 5.80. The number of rotatable bonds is 2. The molecule has 0 aromatic rings. The molecule has 5 heteroatoms. The van der Waals surface area contributed by atoms with Gasteiger partial charge < -0.3 is 15.3 Å². The molecule has 102 valence electrons. The van der Waals surface area contributed by atoms with Crippen LogP contribution in [0.25, 0.3) is 0 Å². The summed E-state index contributed by atoms with van der Waals surface area (Å²) in [5.74, 6) is -0.906. The number of aliphatic carboxylic acids is 1. The first-order valence-corrected chi connectivity index (χ1v) is 6.83. The summed E-state index contributed by atoms with van der Waals surface area (Å²) >= 11 is 0. The van der Waals surface area contributed by atoms with E-state index >= 15 is 0 Å². The minimum absolute atomic E-state index is 0.0776. The van der Waals surface area contributed by atoms with E-state index in [1.165, 1.54) is 0 Å². The Kier molecular flexibility index (Phi) is 4.22. The third-order valence-electron chi connectivity index (χ3n) is 4.06. The Bertz CT molecular complexity index is 332. The highest BCUT2D eigenvalue weighted by Crippen LogP contribution is 2.23. The molecular formula is C13H22N2O3. The van der Waals surface area contributed by atoms with Crippen LogP contribution >= 0.6 is 0 Å². The lowest BCUT2D eigenvalue weighted by Crippen LogP contribution is -2.48. The molecule has 2 N–H and O–H groups in total. The van der Waals surface area contributed by atoms with Crippen LogP contribution < -0.4 is 5.32 Å². The summed E-state index contributed by atoms with van der Waals surface area (Å²) in [4.78, 5) is 25.1. The molecule has 0 radical (unpaired) electrons. The molecule has 0 saturated carbocycles. The largest absolute Gasteiger partial charge is 0.481 e. The van der Waals surface area contributed by atoms with Gasteiger partial charge in [-0.15, -0.1) is 0 Å². The number of carboxylic acids is 1. The fourth-order valence-corrected chi connectivity index (χ4v) is 2.99. The second kappa shape index (κ2) is 5.69. The molecule has 0 bridgehead atoms. The topological polar surface area (TPSA) is 69.6 Å². The van der Waals surface area contributed by atoms with E-state index in [0.29, 0.717) is 19.0 Å². The lowest BCUT2D eigenvalue weighted by molar-refractivity contribution is -0.147. The zero-order valence-corrected chi connectivity index (χ0v) is 10.9. The molecule has 2 heterocycles. The average Bonchev–Trinajstić information content (AvgIpc) is 2.38. The van der Waals surface area contributed by atoms with Crippen LogP contribution in [0.4, 0.5) is 0 Å². The Morgan fingerprint density at radius 2 is 2.06 bits per heavy atom. The van der Waals surface area contributed by atoms with Crippen LogP contribution in [0.2, 0.25) is 0 Å². The average molecular weight is 254 g/mol. The van der Waals surface area contributed by atoms with Crippen LogP contribution in [-0.4, -0.2) is 47.6 Å². The second-order valence-electron chi connectivity index (χ2n) is 5.54. The number of piperidine rings is 2. The van der Waals surface area contributed by atoms with Gasteiger partial charge in [0, 0.05) is 25.0 Å². The summed E-state index contributed by atoms with van der Waals surface area (Å²) in [6.45, 7) is 4.09. The lowest BCUT2D eigenvalue weighted by atomic mass is 9.90. The van der Waals surface area contributed by atoms with Crippen molar-refractivity contribution in [3.05, 3.63) is 0 Å². The number of nitrogens with zero attached hydrogens (tertiary/aromatic N) is 1. The Morgan fingerprint density at radius 3 is 2.72 bits per heavy atom. The fourth-order valence-electron chi connectivity index (χ4n) is 2.99. The smallest absolute Gasteiger partial charge is 0.308 e. The van der Waals surface area contributed by atoms with Gasteiger partial charge >= 0.3 is 5.97 Å². The van der Waals surface area contributed by atoms with E-state index in [9.17, 15) is 9.59 Å². The van der Waals surface area contributed by atoms with E-state index < -0.39 is 5.97 Å². The van der Waals surface area contributed by atoms with E-state index in [2.05, 4.69) is 12.2 Å². The van der Waals surface area contributed by atoms with Gasteiger partial charge in [0.2, 0.25) is 5.91 Å². The third-order valence-corrected chi connectivity index (χ3v) is 4.06. The van der Waals surface area contributed by atoms with Crippen LogP contribution in [0.15, 0.2) is 0 Å². The van der Waals surface area contributed by atoms with Gasteiger partial charge in [0.25, 0.3) is 0 Å². The molecule has 2 rings (SSSR count). The molecule has 2 aliphatic heterocycles. The van der Waals surface area contributed by atoms with Crippen molar-refractivity contribution in [1.29, 1.82) is 0 Å². The molecule has 18 heavy (non-hydrogen) atoms.